The van der Waals surface area contributed by atoms with Crippen molar-refractivity contribution < 1.29 is 32.3 Å². The predicted octanol–water partition coefficient (Wildman–Crippen LogP) is 4.47. The Bertz CT molecular complexity index is 1350. The highest BCUT2D eigenvalue weighted by atomic mass is 32.2. The monoisotopic (exact) mass is 492 g/mol. The van der Waals surface area contributed by atoms with Gasteiger partial charge in [0.25, 0.3) is 0 Å². The van der Waals surface area contributed by atoms with Crippen molar-refractivity contribution in [1.82, 2.24) is 4.31 Å². The maximum atomic E-state index is 13.5. The molecule has 176 valence electrons. The number of anilines is 1. The third-order valence-electron chi connectivity index (χ3n) is 5.51. The van der Waals surface area contributed by atoms with E-state index in [1.807, 2.05) is 0 Å². The van der Waals surface area contributed by atoms with Gasteiger partial charge in [0.15, 0.2) is 6.23 Å². The summed E-state index contributed by atoms with van der Waals surface area (Å²) in [4.78, 5) is 23.0. The van der Waals surface area contributed by atoms with Crippen molar-refractivity contribution in [2.24, 2.45) is 0 Å². The molecule has 33 heavy (non-hydrogen) atoms. The lowest BCUT2D eigenvalue weighted by atomic mass is 10.1. The number of rotatable bonds is 5. The number of hydrogen-bond acceptors (Lipinski definition) is 7. The van der Waals surface area contributed by atoms with Crippen LogP contribution in [0.1, 0.15) is 27.2 Å². The van der Waals surface area contributed by atoms with E-state index in [9.17, 15) is 23.1 Å². The summed E-state index contributed by atoms with van der Waals surface area (Å²) in [7, 11) is -4.06. The maximum Gasteiger partial charge on any atom is 0.507 e. The minimum Gasteiger partial charge on any atom is -0.456 e. The first-order chi connectivity index (χ1) is 15.5. The molecule has 1 amide bonds. The molecule has 0 aliphatic carbocycles. The van der Waals surface area contributed by atoms with Gasteiger partial charge in [-0.3, -0.25) is 4.79 Å². The van der Waals surface area contributed by atoms with Crippen LogP contribution in [0.2, 0.25) is 0 Å². The van der Waals surface area contributed by atoms with Crippen molar-refractivity contribution in [3.05, 3.63) is 36.4 Å². The lowest BCUT2D eigenvalue weighted by Crippen LogP contribution is -2.56. The van der Waals surface area contributed by atoms with Crippen LogP contribution in [-0.2, 0) is 19.6 Å². The highest BCUT2D eigenvalue weighted by molar-refractivity contribution is 8.00. The molecule has 0 radical (unpaired) electrons. The van der Waals surface area contributed by atoms with Crippen LogP contribution in [-0.4, -0.2) is 53.2 Å². The van der Waals surface area contributed by atoms with Crippen molar-refractivity contribution in [3.8, 4) is 0 Å². The molecule has 2 heterocycles. The third kappa shape index (κ3) is 4.40. The zero-order chi connectivity index (χ0) is 24.0. The number of carbonyl (C=O) groups is 2. The van der Waals surface area contributed by atoms with Crippen molar-refractivity contribution in [1.29, 1.82) is 0 Å². The molecule has 3 aromatic rings. The third-order valence-corrected chi connectivity index (χ3v) is 8.68. The van der Waals surface area contributed by atoms with Gasteiger partial charge in [-0.05, 0) is 44.2 Å². The summed E-state index contributed by atoms with van der Waals surface area (Å²) in [5.74, 6) is 0.383. The lowest BCUT2D eigenvalue weighted by Gasteiger charge is -2.43. The number of nitrogens with zero attached hydrogens (tertiary/aromatic N) is 1. The van der Waals surface area contributed by atoms with Gasteiger partial charge in [0.2, 0.25) is 15.9 Å². The molecule has 0 bridgehead atoms. The molecule has 1 fully saturated rings. The van der Waals surface area contributed by atoms with Crippen molar-refractivity contribution in [2.45, 2.75) is 43.1 Å². The normalized spacial score (nSPS) is 18.9. The second kappa shape index (κ2) is 8.54. The van der Waals surface area contributed by atoms with Gasteiger partial charge in [-0.2, -0.15) is 4.31 Å². The van der Waals surface area contributed by atoms with Gasteiger partial charge in [-0.15, -0.1) is 11.8 Å². The molecule has 2 N–H and O–H groups in total. The minimum atomic E-state index is -4.06. The first kappa shape index (κ1) is 23.4. The summed E-state index contributed by atoms with van der Waals surface area (Å²) >= 11 is 1.46. The highest BCUT2D eigenvalue weighted by Gasteiger charge is 2.47. The van der Waals surface area contributed by atoms with E-state index in [1.54, 1.807) is 45.0 Å². The molecular weight excluding hydrogens is 468 g/mol. The lowest BCUT2D eigenvalue weighted by molar-refractivity contribution is -0.115. The van der Waals surface area contributed by atoms with Crippen LogP contribution in [0.3, 0.4) is 0 Å². The molecule has 1 aliphatic rings. The summed E-state index contributed by atoms with van der Waals surface area (Å²) in [6.07, 6.45) is -2.35. The molecular formula is C22H24N2O7S2. The molecule has 1 atom stereocenters. The molecule has 2 aromatic carbocycles. The summed E-state index contributed by atoms with van der Waals surface area (Å²) < 4.78 is 38.3. The largest absolute Gasteiger partial charge is 0.507 e. The summed E-state index contributed by atoms with van der Waals surface area (Å²) in [5.41, 5.74) is 1.59. The first-order valence-electron chi connectivity index (χ1n) is 10.3. The van der Waals surface area contributed by atoms with Crippen molar-refractivity contribution >= 4 is 61.5 Å². The molecule has 1 aromatic heterocycles. The van der Waals surface area contributed by atoms with Crippen LogP contribution in [0.15, 0.2) is 45.7 Å². The Balaban J connectivity index is 1.75. The maximum absolute atomic E-state index is 13.5. The average Bonchev–Trinajstić information content (AvgIpc) is 3.11. The zero-order valence-corrected chi connectivity index (χ0v) is 20.0. The number of amides is 1. The van der Waals surface area contributed by atoms with Gasteiger partial charge in [0, 0.05) is 41.2 Å². The van der Waals surface area contributed by atoms with Crippen molar-refractivity contribution in [2.75, 3.05) is 17.6 Å². The number of fused-ring (bicyclic) bond motifs is 3. The quantitative estimate of drug-likeness (QED) is 0.500. The Hall–Kier alpha value is -2.76. The number of nitrogens with one attached hydrogen (secondary N) is 1. The van der Waals surface area contributed by atoms with Gasteiger partial charge >= 0.3 is 6.16 Å². The van der Waals surface area contributed by atoms with E-state index < -0.39 is 27.2 Å². The Kier molecular flexibility index (Phi) is 6.06. The van der Waals surface area contributed by atoms with E-state index in [4.69, 9.17) is 9.15 Å². The number of thioether (sulfide) groups is 1. The van der Waals surface area contributed by atoms with Gasteiger partial charge in [-0.25, -0.2) is 13.2 Å². The van der Waals surface area contributed by atoms with E-state index in [-0.39, 0.29) is 17.3 Å². The van der Waals surface area contributed by atoms with Crippen molar-refractivity contribution in [3.63, 3.8) is 0 Å². The Morgan fingerprint density at radius 2 is 1.97 bits per heavy atom. The smallest absolute Gasteiger partial charge is 0.456 e. The second-order valence-corrected chi connectivity index (χ2v) is 11.8. The molecule has 9 nitrogen and oxygen atoms in total. The predicted molar refractivity (Wildman–Crippen MR) is 126 cm³/mol. The van der Waals surface area contributed by atoms with Gasteiger partial charge in [0.05, 0.1) is 9.64 Å². The Morgan fingerprint density at radius 3 is 2.67 bits per heavy atom. The number of benzene rings is 2. The topological polar surface area (TPSA) is 126 Å². The number of carboxylic acid groups (broad SMARTS) is 1. The van der Waals surface area contributed by atoms with Crippen LogP contribution < -0.4 is 5.32 Å². The van der Waals surface area contributed by atoms with Crippen LogP contribution in [0, 0.1) is 0 Å². The summed E-state index contributed by atoms with van der Waals surface area (Å²) in [6.45, 7) is 5.40. The van der Waals surface area contributed by atoms with Gasteiger partial charge < -0.3 is 19.6 Å². The van der Waals surface area contributed by atoms with Crippen LogP contribution in [0.25, 0.3) is 21.9 Å². The average molecular weight is 493 g/mol. The molecule has 1 saturated heterocycles. The SMILES string of the molecule is CCC(=O)Nc1ccc2c(c1)oc1ccc(S(=O)(=O)N3CCSC(C)(C)[C@@H]3OC(=O)O)cc12. The molecule has 11 heteroatoms. The molecule has 0 spiro atoms. The van der Waals surface area contributed by atoms with Gasteiger partial charge in [0.1, 0.15) is 11.2 Å². The summed E-state index contributed by atoms with van der Waals surface area (Å²) in [5, 5.41) is 13.3. The van der Waals surface area contributed by atoms with E-state index >= 15 is 0 Å². The first-order valence-corrected chi connectivity index (χ1v) is 12.8. The van der Waals surface area contributed by atoms with Crippen LogP contribution >= 0.6 is 11.8 Å². The number of carbonyl (C=O) groups excluding carboxylic acids is 1. The number of sulfonamides is 1. The molecule has 1 aliphatic heterocycles. The fourth-order valence-electron chi connectivity index (χ4n) is 3.86. The zero-order valence-electron chi connectivity index (χ0n) is 18.3. The van der Waals surface area contributed by atoms with E-state index in [1.165, 1.54) is 23.9 Å². The standard InChI is InChI=1S/C22H24N2O7S2/c1-4-19(25)23-13-5-7-15-16-12-14(6-8-17(16)30-18(15)11-13)33(28,29)24-9-10-32-22(2,3)20(24)31-21(26)27/h5-8,11-12,20H,4,9-10H2,1-3H3,(H,23,25)(H,26,27)/t20-/m0/s1. The fourth-order valence-corrected chi connectivity index (χ4v) is 6.84. The second-order valence-electron chi connectivity index (χ2n) is 8.18. The highest BCUT2D eigenvalue weighted by Crippen LogP contribution is 2.40. The fraction of sp³-hybridized carbons (Fsp3) is 0.364. The number of furan rings is 1. The van der Waals surface area contributed by atoms with Crippen LogP contribution in [0.4, 0.5) is 10.5 Å². The Morgan fingerprint density at radius 1 is 1.21 bits per heavy atom. The number of ether oxygens (including phenoxy) is 1. The Labute approximate surface area is 195 Å². The molecule has 0 saturated carbocycles. The van der Waals surface area contributed by atoms with Crippen LogP contribution in [0.5, 0.6) is 0 Å². The van der Waals surface area contributed by atoms with Gasteiger partial charge in [-0.1, -0.05) is 6.92 Å². The van der Waals surface area contributed by atoms with E-state index in [0.29, 0.717) is 39.8 Å². The van der Waals surface area contributed by atoms with E-state index in [0.717, 1.165) is 4.31 Å². The number of hydrogen-bond donors (Lipinski definition) is 2. The summed E-state index contributed by atoms with van der Waals surface area (Å²) in [6, 6.07) is 9.72. The molecule has 0 unspecified atom stereocenters. The minimum absolute atomic E-state index is 0.0164. The van der Waals surface area contributed by atoms with E-state index in [2.05, 4.69) is 5.32 Å². The molecule has 4 rings (SSSR count).